The van der Waals surface area contributed by atoms with Crippen molar-refractivity contribution in [1.82, 2.24) is 10.2 Å². The molecule has 0 spiro atoms. The molecule has 0 bridgehead atoms. The average Bonchev–Trinajstić information content (AvgIpc) is 2.46. The molecule has 1 heterocycles. The molecule has 0 aliphatic carbocycles. The fourth-order valence-corrected chi connectivity index (χ4v) is 3.82. The van der Waals surface area contributed by atoms with Gasteiger partial charge < -0.3 is 10.2 Å². The highest BCUT2D eigenvalue weighted by atomic mass is 32.2. The summed E-state index contributed by atoms with van der Waals surface area (Å²) in [5.74, 6) is 1.57. The number of carbonyl (C=O) groups is 1. The molecule has 116 valence electrons. The molecule has 0 saturated carbocycles. The van der Waals surface area contributed by atoms with Gasteiger partial charge in [0.15, 0.2) is 0 Å². The first-order valence-electron chi connectivity index (χ1n) is 7.73. The molecule has 1 aromatic rings. The van der Waals surface area contributed by atoms with Crippen molar-refractivity contribution in [3.8, 4) is 0 Å². The zero-order valence-corrected chi connectivity index (χ0v) is 14.1. The Labute approximate surface area is 132 Å². The average molecular weight is 306 g/mol. The third-order valence-electron chi connectivity index (χ3n) is 4.01. The second-order valence-corrected chi connectivity index (χ2v) is 7.01. The van der Waals surface area contributed by atoms with Crippen LogP contribution in [0.15, 0.2) is 29.2 Å². The van der Waals surface area contributed by atoms with Gasteiger partial charge in [-0.3, -0.25) is 4.79 Å². The molecular weight excluding hydrogens is 280 g/mol. The predicted molar refractivity (Wildman–Crippen MR) is 89.9 cm³/mol. The number of thioether (sulfide) groups is 1. The van der Waals surface area contributed by atoms with Crippen LogP contribution in [0.4, 0.5) is 0 Å². The van der Waals surface area contributed by atoms with Crippen molar-refractivity contribution in [2.24, 2.45) is 11.8 Å². The molecule has 2 rings (SSSR count). The summed E-state index contributed by atoms with van der Waals surface area (Å²) in [4.78, 5) is 15.8. The van der Waals surface area contributed by atoms with Gasteiger partial charge in [-0.25, -0.2) is 0 Å². The Balaban J connectivity index is 1.81. The lowest BCUT2D eigenvalue weighted by Gasteiger charge is -2.34. The zero-order chi connectivity index (χ0) is 15.2. The van der Waals surface area contributed by atoms with E-state index in [4.69, 9.17) is 0 Å². The summed E-state index contributed by atoms with van der Waals surface area (Å²) in [6.07, 6.45) is 3.33. The van der Waals surface area contributed by atoms with Crippen molar-refractivity contribution in [3.63, 3.8) is 0 Å². The van der Waals surface area contributed by atoms with Crippen LogP contribution in [0.3, 0.4) is 0 Å². The summed E-state index contributed by atoms with van der Waals surface area (Å²) in [5, 5.41) is 3.06. The Morgan fingerprint density at radius 3 is 2.62 bits per heavy atom. The Morgan fingerprint density at radius 2 is 1.95 bits per heavy atom. The number of piperidine rings is 1. The second-order valence-electron chi connectivity index (χ2n) is 6.16. The van der Waals surface area contributed by atoms with Crippen LogP contribution in [-0.2, 0) is 0 Å². The van der Waals surface area contributed by atoms with E-state index in [0.717, 1.165) is 48.5 Å². The molecule has 1 aliphatic rings. The van der Waals surface area contributed by atoms with E-state index < -0.39 is 0 Å². The molecule has 1 N–H and O–H groups in total. The van der Waals surface area contributed by atoms with Crippen LogP contribution in [0.1, 0.15) is 30.6 Å². The molecule has 1 fully saturated rings. The first-order valence-corrected chi connectivity index (χ1v) is 8.96. The van der Waals surface area contributed by atoms with Crippen molar-refractivity contribution in [2.75, 3.05) is 32.4 Å². The number of nitrogens with one attached hydrogen (secondary N) is 1. The van der Waals surface area contributed by atoms with Gasteiger partial charge in [0.25, 0.3) is 5.91 Å². The minimum atomic E-state index is 0.0399. The summed E-state index contributed by atoms with van der Waals surface area (Å²) in [6.45, 7) is 8.61. The third kappa shape index (κ3) is 4.75. The first-order chi connectivity index (χ1) is 10.1. The minimum absolute atomic E-state index is 0.0399. The largest absolute Gasteiger partial charge is 0.351 e. The first kappa shape index (κ1) is 16.4. The molecule has 0 radical (unpaired) electrons. The van der Waals surface area contributed by atoms with E-state index in [9.17, 15) is 4.79 Å². The molecule has 4 heteroatoms. The van der Waals surface area contributed by atoms with Crippen LogP contribution in [0.2, 0.25) is 0 Å². The minimum Gasteiger partial charge on any atom is -0.351 e. The number of rotatable bonds is 5. The van der Waals surface area contributed by atoms with E-state index in [1.165, 1.54) is 6.42 Å². The van der Waals surface area contributed by atoms with Crippen LogP contribution < -0.4 is 5.32 Å². The van der Waals surface area contributed by atoms with E-state index in [2.05, 4.69) is 24.1 Å². The van der Waals surface area contributed by atoms with E-state index >= 15 is 0 Å². The second kappa shape index (κ2) is 7.85. The maximum absolute atomic E-state index is 12.3. The summed E-state index contributed by atoms with van der Waals surface area (Å²) < 4.78 is 0. The molecule has 21 heavy (non-hydrogen) atoms. The topological polar surface area (TPSA) is 32.3 Å². The number of amides is 1. The van der Waals surface area contributed by atoms with Gasteiger partial charge in [0, 0.05) is 31.1 Å². The highest BCUT2D eigenvalue weighted by Crippen LogP contribution is 2.21. The van der Waals surface area contributed by atoms with Gasteiger partial charge in [0.05, 0.1) is 5.56 Å². The lowest BCUT2D eigenvalue weighted by molar-refractivity contribution is 0.0934. The molecular formula is C17H26N2OS. The Kier molecular flexibility index (Phi) is 6.12. The SMILES string of the molecule is CSc1ccccc1C(=O)NCCN1C[C@H](C)C[C@H](C)C1. The monoisotopic (exact) mass is 306 g/mol. The number of hydrogen-bond acceptors (Lipinski definition) is 3. The summed E-state index contributed by atoms with van der Waals surface area (Å²) in [5.41, 5.74) is 0.783. The standard InChI is InChI=1S/C17H26N2OS/c1-13-10-14(2)12-19(11-13)9-8-18-17(20)15-6-4-5-7-16(15)21-3/h4-7,13-14H,8-12H2,1-3H3,(H,18,20)/t13-,14+. The number of carbonyl (C=O) groups excluding carboxylic acids is 1. The summed E-state index contributed by atoms with van der Waals surface area (Å²) >= 11 is 1.61. The van der Waals surface area contributed by atoms with Gasteiger partial charge in [-0.1, -0.05) is 26.0 Å². The van der Waals surface area contributed by atoms with Gasteiger partial charge in [-0.05, 0) is 36.6 Å². The third-order valence-corrected chi connectivity index (χ3v) is 4.81. The van der Waals surface area contributed by atoms with Crippen LogP contribution >= 0.6 is 11.8 Å². The molecule has 1 amide bonds. The molecule has 0 aromatic heterocycles. The molecule has 0 unspecified atom stereocenters. The number of likely N-dealkylation sites (tertiary alicyclic amines) is 1. The fraction of sp³-hybridized carbons (Fsp3) is 0.588. The Bertz CT molecular complexity index is 468. The molecule has 1 aliphatic heterocycles. The van der Waals surface area contributed by atoms with Gasteiger partial charge >= 0.3 is 0 Å². The summed E-state index contributed by atoms with van der Waals surface area (Å²) in [6, 6.07) is 7.78. The van der Waals surface area contributed by atoms with E-state index in [1.54, 1.807) is 11.8 Å². The normalized spacial score (nSPS) is 23.0. The van der Waals surface area contributed by atoms with Crippen LogP contribution in [0.25, 0.3) is 0 Å². The van der Waals surface area contributed by atoms with Crippen LogP contribution in [-0.4, -0.2) is 43.2 Å². The number of nitrogens with zero attached hydrogens (tertiary/aromatic N) is 1. The number of benzene rings is 1. The zero-order valence-electron chi connectivity index (χ0n) is 13.3. The quantitative estimate of drug-likeness (QED) is 0.848. The predicted octanol–water partition coefficient (Wildman–Crippen LogP) is 3.12. The molecule has 1 aromatic carbocycles. The van der Waals surface area contributed by atoms with E-state index in [0.29, 0.717) is 0 Å². The van der Waals surface area contributed by atoms with E-state index in [-0.39, 0.29) is 5.91 Å². The molecule has 3 nitrogen and oxygen atoms in total. The van der Waals surface area contributed by atoms with Gasteiger partial charge in [0.1, 0.15) is 0 Å². The lowest BCUT2D eigenvalue weighted by Crippen LogP contribution is -2.42. The lowest BCUT2D eigenvalue weighted by atomic mass is 9.92. The van der Waals surface area contributed by atoms with Gasteiger partial charge in [-0.15, -0.1) is 11.8 Å². The van der Waals surface area contributed by atoms with Crippen molar-refractivity contribution in [3.05, 3.63) is 29.8 Å². The smallest absolute Gasteiger partial charge is 0.252 e. The maximum atomic E-state index is 12.3. The highest BCUT2D eigenvalue weighted by molar-refractivity contribution is 7.98. The van der Waals surface area contributed by atoms with Gasteiger partial charge in [0.2, 0.25) is 0 Å². The fourth-order valence-electron chi connectivity index (χ4n) is 3.23. The van der Waals surface area contributed by atoms with E-state index in [1.807, 2.05) is 30.5 Å². The molecule has 1 saturated heterocycles. The van der Waals surface area contributed by atoms with Crippen molar-refractivity contribution < 1.29 is 4.79 Å². The number of hydrogen-bond donors (Lipinski definition) is 1. The van der Waals surface area contributed by atoms with Gasteiger partial charge in [-0.2, -0.15) is 0 Å². The maximum Gasteiger partial charge on any atom is 0.252 e. The summed E-state index contributed by atoms with van der Waals surface area (Å²) in [7, 11) is 0. The van der Waals surface area contributed by atoms with Crippen molar-refractivity contribution >= 4 is 17.7 Å². The Hall–Kier alpha value is -1.00. The van der Waals surface area contributed by atoms with Crippen molar-refractivity contribution in [2.45, 2.75) is 25.2 Å². The van der Waals surface area contributed by atoms with Crippen LogP contribution in [0.5, 0.6) is 0 Å². The highest BCUT2D eigenvalue weighted by Gasteiger charge is 2.21. The van der Waals surface area contributed by atoms with Crippen LogP contribution in [0, 0.1) is 11.8 Å². The van der Waals surface area contributed by atoms with Crippen molar-refractivity contribution in [1.29, 1.82) is 0 Å². The Morgan fingerprint density at radius 1 is 1.29 bits per heavy atom. The molecule has 2 atom stereocenters.